The van der Waals surface area contributed by atoms with Crippen molar-refractivity contribution in [3.63, 3.8) is 0 Å². The number of carbonyl (C=O) groups is 1. The minimum absolute atomic E-state index is 0.167. The molecule has 110 valence electrons. The van der Waals surface area contributed by atoms with Gasteiger partial charge in [-0.2, -0.15) is 0 Å². The van der Waals surface area contributed by atoms with Crippen LogP contribution in [-0.4, -0.2) is 25.0 Å². The van der Waals surface area contributed by atoms with E-state index < -0.39 is 0 Å². The molecule has 3 rings (SSSR count). The summed E-state index contributed by atoms with van der Waals surface area (Å²) in [6.07, 6.45) is 3.27. The molecule has 5 nitrogen and oxygen atoms in total. The fourth-order valence-corrected chi connectivity index (χ4v) is 3.56. The highest BCUT2D eigenvalue weighted by atomic mass is 32.1. The molecule has 0 unspecified atom stereocenters. The van der Waals surface area contributed by atoms with E-state index in [1.54, 1.807) is 23.5 Å². The van der Waals surface area contributed by atoms with Gasteiger partial charge in [0.05, 0.1) is 17.1 Å². The lowest BCUT2D eigenvalue weighted by Gasteiger charge is -2.15. The normalized spacial score (nSPS) is 13.0. The molecule has 0 saturated carbocycles. The van der Waals surface area contributed by atoms with E-state index in [9.17, 15) is 4.79 Å². The molecule has 1 aromatic heterocycles. The first kappa shape index (κ1) is 13.9. The number of benzene rings is 1. The van der Waals surface area contributed by atoms with Crippen LogP contribution in [0.25, 0.3) is 0 Å². The number of hydrogen-bond acceptors (Lipinski definition) is 5. The number of nitrogens with zero attached hydrogens (tertiary/aromatic N) is 2. The second kappa shape index (κ2) is 5.37. The topological polar surface area (TPSA) is 71.2 Å². The van der Waals surface area contributed by atoms with E-state index in [-0.39, 0.29) is 5.91 Å². The molecule has 2 aromatic rings. The van der Waals surface area contributed by atoms with Gasteiger partial charge in [0.2, 0.25) is 0 Å². The molecule has 0 bridgehead atoms. The van der Waals surface area contributed by atoms with Gasteiger partial charge in [-0.25, -0.2) is 4.98 Å². The zero-order valence-corrected chi connectivity index (χ0v) is 13.0. The van der Waals surface area contributed by atoms with Crippen molar-refractivity contribution in [3.05, 3.63) is 34.3 Å². The number of aromatic nitrogens is 1. The average Bonchev–Trinajstić information content (AvgIpc) is 2.98. The van der Waals surface area contributed by atoms with Crippen molar-refractivity contribution in [1.82, 2.24) is 4.98 Å². The number of amides is 1. The molecule has 1 aromatic carbocycles. The molecular formula is C15H18N4OS. The average molecular weight is 302 g/mol. The molecule has 0 fully saturated rings. The Morgan fingerprint density at radius 1 is 1.38 bits per heavy atom. The maximum absolute atomic E-state index is 12.3. The number of anilines is 3. The summed E-state index contributed by atoms with van der Waals surface area (Å²) in [6.45, 7) is 0. The van der Waals surface area contributed by atoms with Crippen LogP contribution in [0.3, 0.4) is 0 Å². The monoisotopic (exact) mass is 302 g/mol. The third-order valence-electron chi connectivity index (χ3n) is 3.59. The van der Waals surface area contributed by atoms with Crippen molar-refractivity contribution in [1.29, 1.82) is 0 Å². The van der Waals surface area contributed by atoms with Crippen LogP contribution < -0.4 is 16.0 Å². The van der Waals surface area contributed by atoms with Gasteiger partial charge in [0.25, 0.3) is 5.91 Å². The first-order valence-electron chi connectivity index (χ1n) is 6.91. The van der Waals surface area contributed by atoms with E-state index in [2.05, 4.69) is 10.3 Å². The Kier molecular flexibility index (Phi) is 3.55. The first-order valence-corrected chi connectivity index (χ1v) is 7.73. The van der Waals surface area contributed by atoms with Gasteiger partial charge in [-0.05, 0) is 37.5 Å². The molecule has 21 heavy (non-hydrogen) atoms. The number of nitrogen functional groups attached to an aromatic ring is 1. The Bertz CT molecular complexity index is 671. The predicted octanol–water partition coefficient (Wildman–Crippen LogP) is 2.53. The van der Waals surface area contributed by atoms with Crippen molar-refractivity contribution in [2.45, 2.75) is 19.3 Å². The van der Waals surface area contributed by atoms with Crippen LogP contribution >= 0.6 is 11.3 Å². The van der Waals surface area contributed by atoms with Gasteiger partial charge in [0.1, 0.15) is 0 Å². The minimum atomic E-state index is -0.167. The van der Waals surface area contributed by atoms with Gasteiger partial charge in [0.15, 0.2) is 5.13 Å². The molecule has 0 radical (unpaired) electrons. The first-order chi connectivity index (χ1) is 10.0. The number of rotatable bonds is 3. The summed E-state index contributed by atoms with van der Waals surface area (Å²) in [5.74, 6) is -0.167. The van der Waals surface area contributed by atoms with Gasteiger partial charge in [-0.1, -0.05) is 0 Å². The van der Waals surface area contributed by atoms with Gasteiger partial charge in [-0.15, -0.1) is 11.3 Å². The predicted molar refractivity (Wildman–Crippen MR) is 87.3 cm³/mol. The number of fused-ring (bicyclic) bond motifs is 1. The molecule has 1 heterocycles. The lowest BCUT2D eigenvalue weighted by atomic mass is 10.1. The number of thiazole rings is 1. The van der Waals surface area contributed by atoms with Crippen molar-refractivity contribution < 1.29 is 4.79 Å². The van der Waals surface area contributed by atoms with Crippen LogP contribution in [0.15, 0.2) is 18.2 Å². The summed E-state index contributed by atoms with van der Waals surface area (Å²) >= 11 is 1.57. The number of carbonyl (C=O) groups excluding carboxylic acids is 1. The van der Waals surface area contributed by atoms with Gasteiger partial charge < -0.3 is 10.6 Å². The lowest BCUT2D eigenvalue weighted by molar-refractivity contribution is 0.102. The van der Waals surface area contributed by atoms with Crippen molar-refractivity contribution in [3.8, 4) is 0 Å². The van der Waals surface area contributed by atoms with Crippen molar-refractivity contribution in [2.75, 3.05) is 30.0 Å². The molecule has 0 aliphatic heterocycles. The second-order valence-corrected chi connectivity index (χ2v) is 6.45. The summed E-state index contributed by atoms with van der Waals surface area (Å²) in [4.78, 5) is 20.0. The molecular weight excluding hydrogens is 284 g/mol. The van der Waals surface area contributed by atoms with Gasteiger partial charge >= 0.3 is 0 Å². The number of aryl methyl sites for hydroxylation is 2. The zero-order chi connectivity index (χ0) is 15.0. The maximum Gasteiger partial charge on any atom is 0.257 e. The zero-order valence-electron chi connectivity index (χ0n) is 12.1. The van der Waals surface area contributed by atoms with E-state index in [0.29, 0.717) is 16.4 Å². The van der Waals surface area contributed by atoms with E-state index in [0.717, 1.165) is 24.2 Å². The highest BCUT2D eigenvalue weighted by Crippen LogP contribution is 2.31. The molecule has 0 spiro atoms. The highest BCUT2D eigenvalue weighted by molar-refractivity contribution is 7.16. The summed E-state index contributed by atoms with van der Waals surface area (Å²) in [5, 5.41) is 3.54. The van der Waals surface area contributed by atoms with E-state index in [1.165, 1.54) is 11.3 Å². The summed E-state index contributed by atoms with van der Waals surface area (Å²) < 4.78 is 0. The van der Waals surface area contributed by atoms with Crippen LogP contribution in [-0.2, 0) is 12.8 Å². The standard InChI is InChI=1S/C15H18N4OS/c1-19(2)12-7-6-9(8-10(12)16)14(20)18-15-17-11-4-3-5-13(11)21-15/h6-8H,3-5,16H2,1-2H3,(H,17,18,20). The lowest BCUT2D eigenvalue weighted by Crippen LogP contribution is -2.15. The highest BCUT2D eigenvalue weighted by Gasteiger charge is 2.18. The Hall–Kier alpha value is -2.08. The Balaban J connectivity index is 1.77. The minimum Gasteiger partial charge on any atom is -0.397 e. The number of nitrogens with two attached hydrogens (primary N) is 1. The Morgan fingerprint density at radius 3 is 2.86 bits per heavy atom. The Labute approximate surface area is 127 Å². The third-order valence-corrected chi connectivity index (χ3v) is 4.66. The second-order valence-electron chi connectivity index (χ2n) is 5.36. The van der Waals surface area contributed by atoms with Crippen molar-refractivity contribution >= 4 is 33.8 Å². The van der Waals surface area contributed by atoms with Crippen LogP contribution in [0.2, 0.25) is 0 Å². The molecule has 0 atom stereocenters. The summed E-state index contributed by atoms with van der Waals surface area (Å²) in [6, 6.07) is 5.33. The quantitative estimate of drug-likeness (QED) is 0.855. The molecule has 1 amide bonds. The third kappa shape index (κ3) is 2.71. The smallest absolute Gasteiger partial charge is 0.257 e. The fraction of sp³-hybridized carbons (Fsp3) is 0.333. The molecule has 3 N–H and O–H groups in total. The van der Waals surface area contributed by atoms with E-state index in [1.807, 2.05) is 25.1 Å². The number of nitrogens with one attached hydrogen (secondary N) is 1. The van der Waals surface area contributed by atoms with Gasteiger partial charge in [0, 0.05) is 24.5 Å². The largest absolute Gasteiger partial charge is 0.397 e. The van der Waals surface area contributed by atoms with Crippen LogP contribution in [0.1, 0.15) is 27.3 Å². The van der Waals surface area contributed by atoms with Crippen LogP contribution in [0.5, 0.6) is 0 Å². The molecule has 1 aliphatic rings. The summed E-state index contributed by atoms with van der Waals surface area (Å²) in [5.41, 5.74) is 9.16. The molecule has 6 heteroatoms. The SMILES string of the molecule is CN(C)c1ccc(C(=O)Nc2nc3c(s2)CCC3)cc1N. The van der Waals surface area contributed by atoms with E-state index in [4.69, 9.17) is 5.73 Å². The maximum atomic E-state index is 12.3. The fourth-order valence-electron chi connectivity index (χ4n) is 2.52. The summed E-state index contributed by atoms with van der Waals surface area (Å²) in [7, 11) is 3.84. The van der Waals surface area contributed by atoms with Crippen LogP contribution in [0.4, 0.5) is 16.5 Å². The van der Waals surface area contributed by atoms with Gasteiger partial charge in [-0.3, -0.25) is 10.1 Å². The Morgan fingerprint density at radius 2 is 2.19 bits per heavy atom. The van der Waals surface area contributed by atoms with E-state index >= 15 is 0 Å². The van der Waals surface area contributed by atoms with Crippen molar-refractivity contribution in [2.24, 2.45) is 0 Å². The molecule has 1 aliphatic carbocycles. The number of hydrogen-bond donors (Lipinski definition) is 2. The molecule has 0 saturated heterocycles. The van der Waals surface area contributed by atoms with Crippen LogP contribution in [0, 0.1) is 0 Å².